The Morgan fingerprint density at radius 1 is 1.39 bits per heavy atom. The van der Waals surface area contributed by atoms with Gasteiger partial charge in [0.05, 0.1) is 28.0 Å². The Balaban J connectivity index is 3.00. The summed E-state index contributed by atoms with van der Waals surface area (Å²) in [6.07, 6.45) is 0. The van der Waals surface area contributed by atoms with E-state index in [1.54, 1.807) is 0 Å². The van der Waals surface area contributed by atoms with Gasteiger partial charge in [-0.2, -0.15) is 0 Å². The van der Waals surface area contributed by atoms with Crippen molar-refractivity contribution in [3.8, 4) is 5.75 Å². The minimum Gasteiger partial charge on any atom is -0.490 e. The van der Waals surface area contributed by atoms with E-state index < -0.39 is 4.92 Å². The number of nitro groups is 1. The largest absolute Gasteiger partial charge is 0.490 e. The second-order valence-electron chi connectivity index (χ2n) is 3.97. The minimum absolute atomic E-state index is 0.149. The molecule has 0 unspecified atom stereocenters. The van der Waals surface area contributed by atoms with Gasteiger partial charge in [0.2, 0.25) is 5.75 Å². The number of methoxy groups -OCH3 is 1. The van der Waals surface area contributed by atoms with Crippen molar-refractivity contribution in [3.05, 3.63) is 38.5 Å². The van der Waals surface area contributed by atoms with Crippen LogP contribution in [-0.4, -0.2) is 17.0 Å². The van der Waals surface area contributed by atoms with Gasteiger partial charge in [0.15, 0.2) is 0 Å². The SMILES string of the molecule is COc1c([N+](=O)[O-])cc(Cl)c2nc(C)cc(C)c12. The number of aromatic nitrogens is 1. The summed E-state index contributed by atoms with van der Waals surface area (Å²) in [5.74, 6) is 0.199. The average Bonchev–Trinajstić information content (AvgIpc) is 2.29. The van der Waals surface area contributed by atoms with Crippen LogP contribution in [0.15, 0.2) is 12.1 Å². The number of benzene rings is 1. The Morgan fingerprint density at radius 3 is 2.61 bits per heavy atom. The lowest BCUT2D eigenvalue weighted by Crippen LogP contribution is -1.98. The van der Waals surface area contributed by atoms with E-state index in [-0.39, 0.29) is 16.5 Å². The second kappa shape index (κ2) is 4.42. The first-order chi connectivity index (χ1) is 8.45. The van der Waals surface area contributed by atoms with E-state index >= 15 is 0 Å². The van der Waals surface area contributed by atoms with Crippen LogP contribution in [0.5, 0.6) is 5.75 Å². The molecule has 1 aromatic carbocycles. The number of aryl methyl sites for hydroxylation is 2. The molecule has 1 heterocycles. The van der Waals surface area contributed by atoms with Crippen molar-refractivity contribution in [2.75, 3.05) is 7.11 Å². The third kappa shape index (κ3) is 1.86. The summed E-state index contributed by atoms with van der Waals surface area (Å²) in [5.41, 5.74) is 2.03. The fraction of sp³-hybridized carbons (Fsp3) is 0.250. The van der Waals surface area contributed by atoms with E-state index in [0.717, 1.165) is 11.3 Å². The highest BCUT2D eigenvalue weighted by Crippen LogP contribution is 2.40. The number of nitro benzene ring substituents is 1. The van der Waals surface area contributed by atoms with Gasteiger partial charge in [-0.1, -0.05) is 11.6 Å². The van der Waals surface area contributed by atoms with Gasteiger partial charge in [-0.05, 0) is 25.5 Å². The Hall–Kier alpha value is -1.88. The smallest absolute Gasteiger partial charge is 0.313 e. The molecule has 0 aliphatic heterocycles. The summed E-state index contributed by atoms with van der Waals surface area (Å²) < 4.78 is 5.16. The van der Waals surface area contributed by atoms with E-state index in [0.29, 0.717) is 10.9 Å². The monoisotopic (exact) mass is 266 g/mol. The highest BCUT2D eigenvalue weighted by molar-refractivity contribution is 6.35. The van der Waals surface area contributed by atoms with Gasteiger partial charge in [0, 0.05) is 11.8 Å². The summed E-state index contributed by atoms with van der Waals surface area (Å²) in [6.45, 7) is 3.69. The molecule has 0 radical (unpaired) electrons. The first-order valence-corrected chi connectivity index (χ1v) is 5.62. The van der Waals surface area contributed by atoms with E-state index in [9.17, 15) is 10.1 Å². The molecule has 1 aromatic heterocycles. The van der Waals surface area contributed by atoms with Gasteiger partial charge in [-0.3, -0.25) is 15.1 Å². The topological polar surface area (TPSA) is 65.3 Å². The molecule has 0 aliphatic carbocycles. The summed E-state index contributed by atoms with van der Waals surface area (Å²) in [5, 5.41) is 11.8. The molecule has 0 saturated heterocycles. The number of ether oxygens (including phenoxy) is 1. The molecule has 0 saturated carbocycles. The van der Waals surface area contributed by atoms with Crippen LogP contribution < -0.4 is 4.74 Å². The second-order valence-corrected chi connectivity index (χ2v) is 4.38. The number of nitrogens with zero attached hydrogens (tertiary/aromatic N) is 2. The van der Waals surface area contributed by atoms with Gasteiger partial charge in [-0.25, -0.2) is 0 Å². The van der Waals surface area contributed by atoms with Crippen LogP contribution in [0.3, 0.4) is 0 Å². The minimum atomic E-state index is -0.510. The lowest BCUT2D eigenvalue weighted by atomic mass is 10.1. The molecule has 0 spiro atoms. The lowest BCUT2D eigenvalue weighted by molar-refractivity contribution is -0.385. The fourth-order valence-electron chi connectivity index (χ4n) is 2.02. The number of halogens is 1. The number of pyridine rings is 1. The van der Waals surface area contributed by atoms with Gasteiger partial charge < -0.3 is 4.74 Å². The molecule has 2 rings (SSSR count). The maximum Gasteiger partial charge on any atom is 0.313 e. The molecule has 0 amide bonds. The Morgan fingerprint density at radius 2 is 2.06 bits per heavy atom. The molecule has 0 N–H and O–H groups in total. The predicted molar refractivity (Wildman–Crippen MR) is 69.4 cm³/mol. The van der Waals surface area contributed by atoms with Crippen molar-refractivity contribution in [2.45, 2.75) is 13.8 Å². The molecular formula is C12H11ClN2O3. The molecule has 94 valence electrons. The first kappa shape index (κ1) is 12.6. The molecule has 5 nitrogen and oxygen atoms in total. The summed E-state index contributed by atoms with van der Waals surface area (Å²) in [7, 11) is 1.40. The first-order valence-electron chi connectivity index (χ1n) is 5.24. The van der Waals surface area contributed by atoms with Crippen LogP contribution in [-0.2, 0) is 0 Å². The maximum absolute atomic E-state index is 11.0. The van der Waals surface area contributed by atoms with Crippen molar-refractivity contribution >= 4 is 28.2 Å². The van der Waals surface area contributed by atoms with Gasteiger partial charge >= 0.3 is 5.69 Å². The normalized spacial score (nSPS) is 10.7. The van der Waals surface area contributed by atoms with Gasteiger partial charge in [0.1, 0.15) is 0 Å². The van der Waals surface area contributed by atoms with Crippen LogP contribution in [0, 0.1) is 24.0 Å². The molecule has 0 bridgehead atoms. The third-order valence-electron chi connectivity index (χ3n) is 2.69. The van der Waals surface area contributed by atoms with Crippen LogP contribution in [0.2, 0.25) is 5.02 Å². The highest BCUT2D eigenvalue weighted by Gasteiger charge is 2.22. The zero-order valence-corrected chi connectivity index (χ0v) is 10.9. The van der Waals surface area contributed by atoms with Crippen LogP contribution in [0.4, 0.5) is 5.69 Å². The number of fused-ring (bicyclic) bond motifs is 1. The molecule has 2 aromatic rings. The van der Waals surface area contributed by atoms with E-state index in [1.807, 2.05) is 19.9 Å². The van der Waals surface area contributed by atoms with Crippen molar-refractivity contribution < 1.29 is 9.66 Å². The standard InChI is InChI=1S/C12H11ClN2O3/c1-6-4-7(2)14-11-8(13)5-9(15(16)17)12(18-3)10(6)11/h4-5H,1-3H3. The summed E-state index contributed by atoms with van der Waals surface area (Å²) >= 11 is 6.06. The highest BCUT2D eigenvalue weighted by atomic mass is 35.5. The van der Waals surface area contributed by atoms with Crippen molar-refractivity contribution in [1.29, 1.82) is 0 Å². The third-order valence-corrected chi connectivity index (χ3v) is 2.98. The van der Waals surface area contributed by atoms with Crippen LogP contribution in [0.25, 0.3) is 10.9 Å². The van der Waals surface area contributed by atoms with E-state index in [2.05, 4.69) is 4.98 Å². The molecular weight excluding hydrogens is 256 g/mol. The Bertz CT molecular complexity index is 656. The quantitative estimate of drug-likeness (QED) is 0.617. The number of hydrogen-bond donors (Lipinski definition) is 0. The van der Waals surface area contributed by atoms with Crippen LogP contribution >= 0.6 is 11.6 Å². The zero-order valence-electron chi connectivity index (χ0n) is 10.2. The number of rotatable bonds is 2. The lowest BCUT2D eigenvalue weighted by Gasteiger charge is -2.10. The van der Waals surface area contributed by atoms with Gasteiger partial charge in [0.25, 0.3) is 0 Å². The zero-order chi connectivity index (χ0) is 13.4. The Kier molecular flexibility index (Phi) is 3.09. The van der Waals surface area contributed by atoms with Gasteiger partial charge in [-0.15, -0.1) is 0 Å². The van der Waals surface area contributed by atoms with Crippen molar-refractivity contribution in [2.24, 2.45) is 0 Å². The molecule has 0 atom stereocenters. The molecule has 18 heavy (non-hydrogen) atoms. The van der Waals surface area contributed by atoms with Crippen LogP contribution in [0.1, 0.15) is 11.3 Å². The van der Waals surface area contributed by atoms with E-state index in [4.69, 9.17) is 16.3 Å². The van der Waals surface area contributed by atoms with Crippen molar-refractivity contribution in [1.82, 2.24) is 4.98 Å². The predicted octanol–water partition coefficient (Wildman–Crippen LogP) is 3.42. The molecule has 0 aliphatic rings. The number of hydrogen-bond acceptors (Lipinski definition) is 4. The Labute approximate surface area is 108 Å². The summed E-state index contributed by atoms with van der Waals surface area (Å²) in [6, 6.07) is 3.11. The summed E-state index contributed by atoms with van der Waals surface area (Å²) in [4.78, 5) is 14.8. The average molecular weight is 267 g/mol. The molecule has 0 fully saturated rings. The van der Waals surface area contributed by atoms with E-state index in [1.165, 1.54) is 13.2 Å². The maximum atomic E-state index is 11.0. The molecule has 6 heteroatoms. The van der Waals surface area contributed by atoms with Crippen molar-refractivity contribution in [3.63, 3.8) is 0 Å². The fourth-order valence-corrected chi connectivity index (χ4v) is 2.26.